The SMILES string of the molecule is Cc1ccc2c(NC(=O)NCc3ccc(Cl)cc3)n[nH]c2n1. The third-order valence-corrected chi connectivity index (χ3v) is 3.41. The minimum atomic E-state index is -0.330. The molecule has 6 nitrogen and oxygen atoms in total. The lowest BCUT2D eigenvalue weighted by atomic mass is 10.2. The van der Waals surface area contributed by atoms with Crippen LogP contribution in [-0.4, -0.2) is 21.2 Å². The van der Waals surface area contributed by atoms with Gasteiger partial charge in [-0.1, -0.05) is 23.7 Å². The van der Waals surface area contributed by atoms with Crippen molar-refractivity contribution in [3.8, 4) is 0 Å². The van der Waals surface area contributed by atoms with Crippen LogP contribution in [0, 0.1) is 6.92 Å². The van der Waals surface area contributed by atoms with Gasteiger partial charge in [0.15, 0.2) is 11.5 Å². The summed E-state index contributed by atoms with van der Waals surface area (Å²) >= 11 is 5.82. The molecule has 2 heterocycles. The maximum atomic E-state index is 11.9. The van der Waals surface area contributed by atoms with Crippen molar-refractivity contribution in [2.24, 2.45) is 0 Å². The van der Waals surface area contributed by atoms with Crippen LogP contribution in [0.5, 0.6) is 0 Å². The second-order valence-electron chi connectivity index (χ2n) is 4.86. The first kappa shape index (κ1) is 14.3. The van der Waals surface area contributed by atoms with Gasteiger partial charge in [0, 0.05) is 17.3 Å². The van der Waals surface area contributed by atoms with Crippen molar-refractivity contribution in [2.45, 2.75) is 13.5 Å². The van der Waals surface area contributed by atoms with E-state index in [1.807, 2.05) is 31.2 Å². The van der Waals surface area contributed by atoms with Crippen LogP contribution in [0.4, 0.5) is 10.6 Å². The number of benzene rings is 1. The van der Waals surface area contributed by atoms with Gasteiger partial charge in [-0.05, 0) is 36.8 Å². The van der Waals surface area contributed by atoms with E-state index in [1.165, 1.54) is 0 Å². The van der Waals surface area contributed by atoms with E-state index < -0.39 is 0 Å². The van der Waals surface area contributed by atoms with Crippen molar-refractivity contribution in [1.29, 1.82) is 0 Å². The van der Waals surface area contributed by atoms with Gasteiger partial charge in [-0.15, -0.1) is 0 Å². The highest BCUT2D eigenvalue weighted by Crippen LogP contribution is 2.18. The fourth-order valence-corrected chi connectivity index (χ4v) is 2.16. The molecule has 0 unspecified atom stereocenters. The molecule has 112 valence electrons. The largest absolute Gasteiger partial charge is 0.334 e. The molecule has 0 radical (unpaired) electrons. The van der Waals surface area contributed by atoms with Crippen molar-refractivity contribution >= 4 is 34.5 Å². The Balaban J connectivity index is 1.64. The Labute approximate surface area is 131 Å². The van der Waals surface area contributed by atoms with Crippen molar-refractivity contribution in [3.63, 3.8) is 0 Å². The minimum absolute atomic E-state index is 0.330. The number of amides is 2. The molecule has 0 saturated heterocycles. The summed E-state index contributed by atoms with van der Waals surface area (Å²) in [5.41, 5.74) is 2.49. The molecular formula is C15H14ClN5O. The number of hydrogen-bond donors (Lipinski definition) is 3. The van der Waals surface area contributed by atoms with Gasteiger partial charge >= 0.3 is 6.03 Å². The Kier molecular flexibility index (Phi) is 3.93. The number of carbonyl (C=O) groups excluding carboxylic acids is 1. The number of nitrogens with one attached hydrogen (secondary N) is 3. The minimum Gasteiger partial charge on any atom is -0.334 e. The predicted molar refractivity (Wildman–Crippen MR) is 85.9 cm³/mol. The van der Waals surface area contributed by atoms with Crippen molar-refractivity contribution < 1.29 is 4.79 Å². The first-order valence-electron chi connectivity index (χ1n) is 6.73. The summed E-state index contributed by atoms with van der Waals surface area (Å²) in [6, 6.07) is 10.7. The van der Waals surface area contributed by atoms with Gasteiger partial charge in [-0.25, -0.2) is 9.78 Å². The van der Waals surface area contributed by atoms with E-state index in [0.717, 1.165) is 16.6 Å². The predicted octanol–water partition coefficient (Wildman–Crippen LogP) is 3.24. The smallest absolute Gasteiger partial charge is 0.320 e. The molecule has 3 N–H and O–H groups in total. The topological polar surface area (TPSA) is 82.7 Å². The standard InChI is InChI=1S/C15H14ClN5O/c1-9-2-7-12-13(18-9)20-21-14(12)19-15(22)17-8-10-3-5-11(16)6-4-10/h2-7H,8H2,1H3,(H3,17,18,19,20,21,22). The number of anilines is 1. The molecule has 0 saturated carbocycles. The van der Waals surface area contributed by atoms with Crippen molar-refractivity contribution in [2.75, 3.05) is 5.32 Å². The Morgan fingerprint density at radius 1 is 1.23 bits per heavy atom. The molecule has 0 aliphatic rings. The lowest BCUT2D eigenvalue weighted by Gasteiger charge is -2.06. The lowest BCUT2D eigenvalue weighted by Crippen LogP contribution is -2.28. The van der Waals surface area contributed by atoms with E-state index in [-0.39, 0.29) is 6.03 Å². The molecule has 2 amide bonds. The number of pyridine rings is 1. The number of nitrogens with zero attached hydrogens (tertiary/aromatic N) is 2. The fraction of sp³-hybridized carbons (Fsp3) is 0.133. The highest BCUT2D eigenvalue weighted by molar-refractivity contribution is 6.30. The van der Waals surface area contributed by atoms with Gasteiger partial charge < -0.3 is 5.32 Å². The van der Waals surface area contributed by atoms with Crippen LogP contribution in [0.1, 0.15) is 11.3 Å². The normalized spacial score (nSPS) is 10.6. The molecule has 3 rings (SSSR count). The summed E-state index contributed by atoms with van der Waals surface area (Å²) in [6.45, 7) is 2.30. The van der Waals surface area contributed by atoms with E-state index in [0.29, 0.717) is 23.0 Å². The Bertz CT molecular complexity index is 812. The maximum absolute atomic E-state index is 11.9. The van der Waals surface area contributed by atoms with Crippen molar-refractivity contribution in [3.05, 3.63) is 52.7 Å². The van der Waals surface area contributed by atoms with Gasteiger partial charge in [0.2, 0.25) is 0 Å². The molecule has 0 atom stereocenters. The number of H-pyrrole nitrogens is 1. The summed E-state index contributed by atoms with van der Waals surface area (Å²) in [7, 11) is 0. The number of aryl methyl sites for hydroxylation is 1. The molecular weight excluding hydrogens is 302 g/mol. The van der Waals surface area contributed by atoms with Gasteiger partial charge in [0.25, 0.3) is 0 Å². The average molecular weight is 316 g/mol. The van der Waals surface area contributed by atoms with Crippen LogP contribution in [-0.2, 0) is 6.54 Å². The highest BCUT2D eigenvalue weighted by Gasteiger charge is 2.09. The fourth-order valence-electron chi connectivity index (χ4n) is 2.03. The van der Waals surface area contributed by atoms with Crippen LogP contribution >= 0.6 is 11.6 Å². The van der Waals surface area contributed by atoms with Gasteiger partial charge in [-0.3, -0.25) is 10.4 Å². The molecule has 7 heteroatoms. The lowest BCUT2D eigenvalue weighted by molar-refractivity contribution is 0.251. The van der Waals surface area contributed by atoms with Gasteiger partial charge in [0.05, 0.1) is 5.39 Å². The third-order valence-electron chi connectivity index (χ3n) is 3.16. The number of urea groups is 1. The second kappa shape index (κ2) is 6.03. The number of carbonyl (C=O) groups is 1. The first-order valence-corrected chi connectivity index (χ1v) is 7.10. The van der Waals surface area contributed by atoms with E-state index in [2.05, 4.69) is 25.8 Å². The second-order valence-corrected chi connectivity index (χ2v) is 5.29. The Hall–Kier alpha value is -2.60. The number of rotatable bonds is 3. The first-order chi connectivity index (χ1) is 10.6. The number of fused-ring (bicyclic) bond motifs is 1. The summed E-state index contributed by atoms with van der Waals surface area (Å²) in [6.07, 6.45) is 0. The third kappa shape index (κ3) is 3.17. The van der Waals surface area contributed by atoms with E-state index in [9.17, 15) is 4.79 Å². The van der Waals surface area contributed by atoms with Crippen LogP contribution in [0.2, 0.25) is 5.02 Å². The zero-order valence-corrected chi connectivity index (χ0v) is 12.6. The van der Waals surface area contributed by atoms with Crippen LogP contribution in [0.3, 0.4) is 0 Å². The number of halogens is 1. The molecule has 0 fully saturated rings. The van der Waals surface area contributed by atoms with Crippen molar-refractivity contribution in [1.82, 2.24) is 20.5 Å². The molecule has 22 heavy (non-hydrogen) atoms. The Morgan fingerprint density at radius 3 is 2.77 bits per heavy atom. The number of hydrogen-bond acceptors (Lipinski definition) is 3. The summed E-state index contributed by atoms with van der Waals surface area (Å²) < 4.78 is 0. The summed E-state index contributed by atoms with van der Waals surface area (Å²) in [5, 5.41) is 13.8. The molecule has 0 bridgehead atoms. The maximum Gasteiger partial charge on any atom is 0.320 e. The van der Waals surface area contributed by atoms with Crippen LogP contribution in [0.15, 0.2) is 36.4 Å². The monoisotopic (exact) mass is 315 g/mol. The molecule has 0 spiro atoms. The number of aromatic amines is 1. The summed E-state index contributed by atoms with van der Waals surface area (Å²) in [5.74, 6) is 0.455. The summed E-state index contributed by atoms with van der Waals surface area (Å²) in [4.78, 5) is 16.2. The molecule has 0 aliphatic heterocycles. The molecule has 0 aliphatic carbocycles. The average Bonchev–Trinajstić information content (AvgIpc) is 2.89. The van der Waals surface area contributed by atoms with E-state index >= 15 is 0 Å². The van der Waals surface area contributed by atoms with Gasteiger partial charge in [0.1, 0.15) is 0 Å². The molecule has 2 aromatic heterocycles. The molecule has 1 aromatic carbocycles. The van der Waals surface area contributed by atoms with E-state index in [4.69, 9.17) is 11.6 Å². The quantitative estimate of drug-likeness (QED) is 0.694. The van der Waals surface area contributed by atoms with Crippen LogP contribution in [0.25, 0.3) is 11.0 Å². The Morgan fingerprint density at radius 2 is 2.00 bits per heavy atom. The van der Waals surface area contributed by atoms with Gasteiger partial charge in [-0.2, -0.15) is 5.10 Å². The highest BCUT2D eigenvalue weighted by atomic mass is 35.5. The zero-order chi connectivity index (χ0) is 15.5. The molecule has 3 aromatic rings. The number of aromatic nitrogens is 3. The zero-order valence-electron chi connectivity index (χ0n) is 11.9. The van der Waals surface area contributed by atoms with Crippen LogP contribution < -0.4 is 10.6 Å². The van der Waals surface area contributed by atoms with E-state index in [1.54, 1.807) is 12.1 Å².